The maximum Gasteiger partial charge on any atom is 0.217 e. The van der Waals surface area contributed by atoms with E-state index in [9.17, 15) is 13.5 Å². The van der Waals surface area contributed by atoms with E-state index in [2.05, 4.69) is 11.8 Å². The lowest BCUT2D eigenvalue weighted by Gasteiger charge is -2.60. The van der Waals surface area contributed by atoms with E-state index in [1.54, 1.807) is 0 Å². The molecule has 3 saturated carbocycles. The zero-order chi connectivity index (χ0) is 23.7. The van der Waals surface area contributed by atoms with Crippen molar-refractivity contribution in [2.75, 3.05) is 26.2 Å². The molecule has 34 heavy (non-hydrogen) atoms. The van der Waals surface area contributed by atoms with Crippen LogP contribution in [0.25, 0.3) is 0 Å². The molecule has 5 fully saturated rings. The summed E-state index contributed by atoms with van der Waals surface area (Å²) in [5, 5.41) is 10.1. The largest absolute Gasteiger partial charge is 0.395 e. The summed E-state index contributed by atoms with van der Waals surface area (Å²) in [7, 11) is -3.25. The van der Waals surface area contributed by atoms with E-state index in [0.29, 0.717) is 31.0 Å². The molecule has 0 aromatic carbocycles. The lowest BCUT2D eigenvalue weighted by molar-refractivity contribution is -0.123. The molecular weight excluding hydrogens is 444 g/mol. The third-order valence-corrected chi connectivity index (χ3v) is 13.4. The third kappa shape index (κ3) is 4.99. The molecular formula is C28H50N2O3S. The molecule has 0 spiro atoms. The summed E-state index contributed by atoms with van der Waals surface area (Å²) in [5.41, 5.74) is 0. The first-order valence-corrected chi connectivity index (χ1v) is 16.4. The predicted molar refractivity (Wildman–Crippen MR) is 138 cm³/mol. The molecule has 3 aliphatic carbocycles. The highest BCUT2D eigenvalue weighted by atomic mass is 32.2. The summed E-state index contributed by atoms with van der Waals surface area (Å²) >= 11 is 0. The van der Waals surface area contributed by atoms with Crippen LogP contribution in [0.4, 0.5) is 0 Å². The second-order valence-corrected chi connectivity index (χ2v) is 14.8. The van der Waals surface area contributed by atoms with Gasteiger partial charge in [0.1, 0.15) is 0 Å². The normalized spacial score (nSPS) is 41.8. The zero-order valence-corrected chi connectivity index (χ0v) is 22.4. The Morgan fingerprint density at radius 2 is 1.35 bits per heavy atom. The predicted octanol–water partition coefficient (Wildman–Crippen LogP) is 5.04. The molecule has 5 rings (SSSR count). The first kappa shape index (κ1) is 25.5. The molecule has 2 aliphatic heterocycles. The number of rotatable bonds is 5. The van der Waals surface area contributed by atoms with Crippen LogP contribution >= 0.6 is 0 Å². The monoisotopic (exact) mass is 494 g/mol. The average molecular weight is 495 g/mol. The van der Waals surface area contributed by atoms with Crippen molar-refractivity contribution in [3.63, 3.8) is 0 Å². The van der Waals surface area contributed by atoms with Gasteiger partial charge in [-0.25, -0.2) is 12.7 Å². The second kappa shape index (κ2) is 11.1. The van der Waals surface area contributed by atoms with Gasteiger partial charge in [0, 0.05) is 25.2 Å². The Morgan fingerprint density at radius 3 is 2.06 bits per heavy atom. The average Bonchev–Trinajstić information content (AvgIpc) is 2.84. The van der Waals surface area contributed by atoms with Crippen molar-refractivity contribution in [1.82, 2.24) is 9.21 Å². The standard InChI is InChI=1S/C28H50N2O3S/c1-21-9-5-6-12-27(21)34(32,33)29-17-7-8-18-30-25(19-29)28(26(30)20-31)24-15-13-23(14-16-24)22-10-3-2-4-11-22/h21-28,31H,2-20H2,1H3/t21?,23?,24?,25?,26-,27?,28+/m1/s1. The van der Waals surface area contributed by atoms with Crippen molar-refractivity contribution in [2.45, 2.75) is 121 Å². The summed E-state index contributed by atoms with van der Waals surface area (Å²) in [5.74, 6) is 3.29. The van der Waals surface area contributed by atoms with Crippen molar-refractivity contribution in [3.05, 3.63) is 0 Å². The van der Waals surface area contributed by atoms with Crippen LogP contribution in [0, 0.1) is 29.6 Å². The molecule has 5 atom stereocenters. The van der Waals surface area contributed by atoms with Gasteiger partial charge in [-0.15, -0.1) is 0 Å². The molecule has 0 radical (unpaired) electrons. The van der Waals surface area contributed by atoms with Crippen LogP contribution in [0.15, 0.2) is 0 Å². The molecule has 196 valence electrons. The number of sulfonamides is 1. The van der Waals surface area contributed by atoms with E-state index < -0.39 is 10.0 Å². The van der Waals surface area contributed by atoms with Gasteiger partial charge in [0.2, 0.25) is 10.0 Å². The van der Waals surface area contributed by atoms with Crippen LogP contribution in [0.5, 0.6) is 0 Å². The van der Waals surface area contributed by atoms with Gasteiger partial charge in [0.15, 0.2) is 0 Å². The summed E-state index contributed by atoms with van der Waals surface area (Å²) < 4.78 is 29.5. The number of hydrogen-bond donors (Lipinski definition) is 1. The lowest BCUT2D eigenvalue weighted by Crippen LogP contribution is -2.71. The van der Waals surface area contributed by atoms with Crippen molar-refractivity contribution in [2.24, 2.45) is 29.6 Å². The second-order valence-electron chi connectivity index (χ2n) is 12.6. The van der Waals surface area contributed by atoms with Crippen LogP contribution in [-0.4, -0.2) is 66.3 Å². The fourth-order valence-electron chi connectivity index (χ4n) is 8.89. The summed E-state index contributed by atoms with van der Waals surface area (Å²) in [4.78, 5) is 2.49. The van der Waals surface area contributed by atoms with Gasteiger partial charge < -0.3 is 5.11 Å². The SMILES string of the molecule is CC1CCCCC1S(=O)(=O)N1CCCCN2C(C1)[C@H](C1CCC(C3CCCCC3)CC1)[C@H]2CO. The minimum absolute atomic E-state index is 0.188. The zero-order valence-electron chi connectivity index (χ0n) is 21.6. The summed E-state index contributed by atoms with van der Waals surface area (Å²) in [6.45, 7) is 4.76. The van der Waals surface area contributed by atoms with E-state index in [1.807, 2.05) is 4.31 Å². The number of aliphatic hydroxyl groups is 1. The molecule has 1 N–H and O–H groups in total. The van der Waals surface area contributed by atoms with Gasteiger partial charge in [-0.05, 0) is 87.5 Å². The Labute approximate surface area is 209 Å². The van der Waals surface area contributed by atoms with Crippen LogP contribution < -0.4 is 0 Å². The number of fused-ring (bicyclic) bond motifs is 1. The Hall–Kier alpha value is -0.170. The molecule has 2 heterocycles. The highest BCUT2D eigenvalue weighted by molar-refractivity contribution is 7.89. The van der Waals surface area contributed by atoms with Crippen molar-refractivity contribution >= 4 is 10.0 Å². The molecule has 2 saturated heterocycles. The minimum atomic E-state index is -3.25. The lowest BCUT2D eigenvalue weighted by atomic mass is 9.63. The van der Waals surface area contributed by atoms with E-state index in [-0.39, 0.29) is 23.8 Å². The fraction of sp³-hybridized carbons (Fsp3) is 1.00. The number of aliphatic hydroxyl groups excluding tert-OH is 1. The summed E-state index contributed by atoms with van der Waals surface area (Å²) in [6.07, 6.45) is 18.6. The smallest absolute Gasteiger partial charge is 0.217 e. The maximum atomic E-state index is 13.8. The van der Waals surface area contributed by atoms with Gasteiger partial charge in [0.25, 0.3) is 0 Å². The Balaban J connectivity index is 1.27. The van der Waals surface area contributed by atoms with Crippen molar-refractivity contribution in [3.8, 4) is 0 Å². The highest BCUT2D eigenvalue weighted by Crippen LogP contribution is 2.48. The first-order valence-electron chi connectivity index (χ1n) is 14.9. The van der Waals surface area contributed by atoms with E-state index in [0.717, 1.165) is 50.5 Å². The van der Waals surface area contributed by atoms with Gasteiger partial charge in [-0.2, -0.15) is 0 Å². The minimum Gasteiger partial charge on any atom is -0.395 e. The third-order valence-electron chi connectivity index (χ3n) is 10.8. The Kier molecular flexibility index (Phi) is 8.29. The Morgan fingerprint density at radius 1 is 0.735 bits per heavy atom. The first-order chi connectivity index (χ1) is 16.5. The number of nitrogens with zero attached hydrogens (tertiary/aromatic N) is 2. The molecule has 5 nitrogen and oxygen atoms in total. The Bertz CT molecular complexity index is 760. The molecule has 0 bridgehead atoms. The van der Waals surface area contributed by atoms with Crippen molar-refractivity contribution in [1.29, 1.82) is 0 Å². The molecule has 6 heteroatoms. The van der Waals surface area contributed by atoms with Gasteiger partial charge in [-0.3, -0.25) is 4.90 Å². The van der Waals surface area contributed by atoms with Crippen LogP contribution in [0.2, 0.25) is 0 Å². The molecule has 3 unspecified atom stereocenters. The van der Waals surface area contributed by atoms with Crippen LogP contribution in [0.1, 0.15) is 103 Å². The molecule has 0 aromatic heterocycles. The summed E-state index contributed by atoms with van der Waals surface area (Å²) in [6, 6.07) is 0.555. The van der Waals surface area contributed by atoms with Crippen LogP contribution in [0.3, 0.4) is 0 Å². The van der Waals surface area contributed by atoms with Gasteiger partial charge in [0.05, 0.1) is 11.9 Å². The highest BCUT2D eigenvalue weighted by Gasteiger charge is 2.53. The van der Waals surface area contributed by atoms with Crippen LogP contribution in [-0.2, 0) is 10.0 Å². The molecule has 0 amide bonds. The molecule has 0 aromatic rings. The number of hydrogen-bond acceptors (Lipinski definition) is 4. The fourth-order valence-corrected chi connectivity index (χ4v) is 11.2. The van der Waals surface area contributed by atoms with E-state index in [4.69, 9.17) is 0 Å². The molecule has 5 aliphatic rings. The quantitative estimate of drug-likeness (QED) is 0.582. The topological polar surface area (TPSA) is 60.9 Å². The van der Waals surface area contributed by atoms with Crippen molar-refractivity contribution < 1.29 is 13.5 Å². The maximum absolute atomic E-state index is 13.8. The van der Waals surface area contributed by atoms with Gasteiger partial charge >= 0.3 is 0 Å². The van der Waals surface area contributed by atoms with E-state index in [1.165, 1.54) is 64.2 Å². The van der Waals surface area contributed by atoms with E-state index >= 15 is 0 Å². The van der Waals surface area contributed by atoms with Gasteiger partial charge in [-0.1, -0.05) is 51.9 Å².